The maximum absolute atomic E-state index is 13.0. The molecular weight excluding hydrogens is 408 g/mol. The Morgan fingerprint density at radius 3 is 2.12 bits per heavy atom. The second-order valence-corrected chi connectivity index (χ2v) is 8.35. The van der Waals surface area contributed by atoms with Crippen LogP contribution in [0, 0.1) is 6.92 Å². The molecule has 0 aliphatic carbocycles. The third-order valence-electron chi connectivity index (χ3n) is 6.14. The van der Waals surface area contributed by atoms with E-state index in [1.165, 1.54) is 0 Å². The van der Waals surface area contributed by atoms with Gasteiger partial charge in [-0.3, -0.25) is 19.3 Å². The Hall–Kier alpha value is -3.68. The summed E-state index contributed by atoms with van der Waals surface area (Å²) in [6.07, 6.45) is 0. The number of carbonyl (C=O) groups excluding carboxylic acids is 4. The molecule has 2 heterocycles. The van der Waals surface area contributed by atoms with Crippen LogP contribution in [0.25, 0.3) is 0 Å². The number of rotatable bonds is 4. The molecule has 2 aromatic carbocycles. The van der Waals surface area contributed by atoms with Crippen molar-refractivity contribution in [2.24, 2.45) is 0 Å². The highest BCUT2D eigenvalue weighted by Gasteiger charge is 2.49. The maximum Gasteiger partial charge on any atom is 0.325 e. The molecule has 0 radical (unpaired) electrons. The van der Waals surface area contributed by atoms with Gasteiger partial charge in [0.1, 0.15) is 12.1 Å². The average Bonchev–Trinajstić information content (AvgIpc) is 3.03. The van der Waals surface area contributed by atoms with Crippen LogP contribution in [0.15, 0.2) is 54.6 Å². The summed E-state index contributed by atoms with van der Waals surface area (Å²) in [5, 5.41) is 2.71. The van der Waals surface area contributed by atoms with Crippen molar-refractivity contribution in [2.45, 2.75) is 19.4 Å². The third-order valence-corrected chi connectivity index (χ3v) is 6.14. The molecule has 2 aromatic rings. The van der Waals surface area contributed by atoms with E-state index in [2.05, 4.69) is 5.32 Å². The van der Waals surface area contributed by atoms with Crippen LogP contribution in [-0.2, 0) is 15.1 Å². The summed E-state index contributed by atoms with van der Waals surface area (Å²) in [5.41, 5.74) is 1.17. The van der Waals surface area contributed by atoms with Gasteiger partial charge in [-0.15, -0.1) is 0 Å². The van der Waals surface area contributed by atoms with E-state index < -0.39 is 17.5 Å². The second kappa shape index (κ2) is 8.45. The number of aryl methyl sites for hydroxylation is 1. The summed E-state index contributed by atoms with van der Waals surface area (Å²) in [4.78, 5) is 55.3. The number of hydrogen-bond acceptors (Lipinski definition) is 4. The molecule has 8 nitrogen and oxygen atoms in total. The lowest BCUT2D eigenvalue weighted by Gasteiger charge is -2.35. The number of benzene rings is 2. The molecule has 32 heavy (non-hydrogen) atoms. The Morgan fingerprint density at radius 2 is 1.50 bits per heavy atom. The van der Waals surface area contributed by atoms with Gasteiger partial charge in [0.25, 0.3) is 11.8 Å². The van der Waals surface area contributed by atoms with Crippen molar-refractivity contribution in [3.05, 3.63) is 71.3 Å². The normalized spacial score (nSPS) is 21.0. The standard InChI is InChI=1S/C24H26N4O4/c1-17-8-10-18(11-9-17)21(30)27-14-12-26(13-15-27)20(29)16-28-22(31)24(2,25-23(28)32)19-6-4-3-5-7-19/h3-11H,12-16H2,1-2H3,(H,25,32). The number of piperazine rings is 1. The summed E-state index contributed by atoms with van der Waals surface area (Å²) >= 11 is 0. The molecule has 166 valence electrons. The van der Waals surface area contributed by atoms with E-state index in [4.69, 9.17) is 0 Å². The van der Waals surface area contributed by atoms with Crippen LogP contribution in [-0.4, -0.2) is 71.2 Å². The zero-order valence-corrected chi connectivity index (χ0v) is 18.2. The number of nitrogens with zero attached hydrogens (tertiary/aromatic N) is 3. The minimum atomic E-state index is -1.20. The van der Waals surface area contributed by atoms with Gasteiger partial charge in [-0.2, -0.15) is 0 Å². The number of hydrogen-bond donors (Lipinski definition) is 1. The molecular formula is C24H26N4O4. The largest absolute Gasteiger partial charge is 0.338 e. The van der Waals surface area contributed by atoms with E-state index in [0.717, 1.165) is 10.5 Å². The van der Waals surface area contributed by atoms with Crippen LogP contribution in [0.4, 0.5) is 4.79 Å². The van der Waals surface area contributed by atoms with Gasteiger partial charge in [0.15, 0.2) is 0 Å². The predicted molar refractivity (Wildman–Crippen MR) is 118 cm³/mol. The quantitative estimate of drug-likeness (QED) is 0.743. The fourth-order valence-corrected chi connectivity index (χ4v) is 4.08. The average molecular weight is 434 g/mol. The number of carbonyl (C=O) groups is 4. The lowest BCUT2D eigenvalue weighted by atomic mass is 9.92. The lowest BCUT2D eigenvalue weighted by Crippen LogP contribution is -2.53. The predicted octanol–water partition coefficient (Wildman–Crippen LogP) is 1.75. The molecule has 2 aliphatic rings. The molecule has 8 heteroatoms. The van der Waals surface area contributed by atoms with Gasteiger partial charge in [-0.1, -0.05) is 48.0 Å². The molecule has 0 aromatic heterocycles. The summed E-state index contributed by atoms with van der Waals surface area (Å²) in [7, 11) is 0. The van der Waals surface area contributed by atoms with Gasteiger partial charge in [0, 0.05) is 31.7 Å². The van der Waals surface area contributed by atoms with Crippen molar-refractivity contribution in [3.63, 3.8) is 0 Å². The van der Waals surface area contributed by atoms with Gasteiger partial charge in [0.05, 0.1) is 0 Å². The maximum atomic E-state index is 13.0. The summed E-state index contributed by atoms with van der Waals surface area (Å²) in [5.74, 6) is -0.826. The van der Waals surface area contributed by atoms with Gasteiger partial charge < -0.3 is 15.1 Å². The molecule has 2 fully saturated rings. The Bertz CT molecular complexity index is 1050. The molecule has 0 bridgehead atoms. The van der Waals surface area contributed by atoms with Crippen molar-refractivity contribution in [1.29, 1.82) is 0 Å². The van der Waals surface area contributed by atoms with Crippen molar-refractivity contribution < 1.29 is 19.2 Å². The number of nitrogens with one attached hydrogen (secondary N) is 1. The fourth-order valence-electron chi connectivity index (χ4n) is 4.08. The zero-order chi connectivity index (χ0) is 22.9. The lowest BCUT2D eigenvalue weighted by molar-refractivity contribution is -0.139. The minimum Gasteiger partial charge on any atom is -0.338 e. The van der Waals surface area contributed by atoms with E-state index in [-0.39, 0.29) is 18.4 Å². The Morgan fingerprint density at radius 1 is 0.906 bits per heavy atom. The molecule has 1 N–H and O–H groups in total. The first kappa shape index (κ1) is 21.5. The van der Waals surface area contributed by atoms with Crippen molar-refractivity contribution in [1.82, 2.24) is 20.0 Å². The minimum absolute atomic E-state index is 0.0650. The second-order valence-electron chi connectivity index (χ2n) is 8.35. The zero-order valence-electron chi connectivity index (χ0n) is 18.2. The molecule has 2 aliphatic heterocycles. The van der Waals surface area contributed by atoms with Gasteiger partial charge >= 0.3 is 6.03 Å². The first-order valence-corrected chi connectivity index (χ1v) is 10.6. The first-order chi connectivity index (χ1) is 15.3. The highest BCUT2D eigenvalue weighted by atomic mass is 16.2. The number of imide groups is 1. The Balaban J connectivity index is 1.36. The van der Waals surface area contributed by atoms with E-state index >= 15 is 0 Å². The van der Waals surface area contributed by atoms with Crippen LogP contribution in [0.3, 0.4) is 0 Å². The smallest absolute Gasteiger partial charge is 0.325 e. The summed E-state index contributed by atoms with van der Waals surface area (Å²) in [6, 6.07) is 15.8. The van der Waals surface area contributed by atoms with Crippen LogP contribution < -0.4 is 5.32 Å². The summed E-state index contributed by atoms with van der Waals surface area (Å²) < 4.78 is 0. The molecule has 1 unspecified atom stereocenters. The highest BCUT2D eigenvalue weighted by Crippen LogP contribution is 2.28. The molecule has 5 amide bonds. The Labute approximate surface area is 186 Å². The highest BCUT2D eigenvalue weighted by molar-refractivity contribution is 6.09. The van der Waals surface area contributed by atoms with Crippen molar-refractivity contribution >= 4 is 23.8 Å². The molecule has 4 rings (SSSR count). The fraction of sp³-hybridized carbons (Fsp3) is 0.333. The SMILES string of the molecule is Cc1ccc(C(=O)N2CCN(C(=O)CN3C(=O)NC(C)(c4ccccc4)C3=O)CC2)cc1. The molecule has 1 atom stereocenters. The number of urea groups is 1. The summed E-state index contributed by atoms with van der Waals surface area (Å²) in [6.45, 7) is 4.81. The van der Waals surface area contributed by atoms with Crippen LogP contribution >= 0.6 is 0 Å². The monoisotopic (exact) mass is 434 g/mol. The van der Waals surface area contributed by atoms with Gasteiger partial charge in [-0.25, -0.2) is 4.79 Å². The molecule has 0 spiro atoms. The van der Waals surface area contributed by atoms with Gasteiger partial charge in [0.2, 0.25) is 5.91 Å². The van der Waals surface area contributed by atoms with Crippen molar-refractivity contribution in [3.8, 4) is 0 Å². The van der Waals surface area contributed by atoms with E-state index in [9.17, 15) is 19.2 Å². The van der Waals surface area contributed by atoms with Crippen LogP contribution in [0.1, 0.15) is 28.4 Å². The van der Waals surface area contributed by atoms with Crippen molar-refractivity contribution in [2.75, 3.05) is 32.7 Å². The topological polar surface area (TPSA) is 90.0 Å². The van der Waals surface area contributed by atoms with E-state index in [1.807, 2.05) is 25.1 Å². The van der Waals surface area contributed by atoms with Crippen LogP contribution in [0.5, 0.6) is 0 Å². The van der Waals surface area contributed by atoms with Crippen LogP contribution in [0.2, 0.25) is 0 Å². The number of amides is 5. The Kier molecular flexibility index (Phi) is 5.69. The molecule has 2 saturated heterocycles. The molecule has 0 saturated carbocycles. The van der Waals surface area contributed by atoms with E-state index in [0.29, 0.717) is 37.3 Å². The third kappa shape index (κ3) is 3.95. The van der Waals surface area contributed by atoms with E-state index in [1.54, 1.807) is 53.1 Å². The first-order valence-electron chi connectivity index (χ1n) is 10.6. The van der Waals surface area contributed by atoms with Gasteiger partial charge in [-0.05, 0) is 31.5 Å².